The molecule has 0 aliphatic carbocycles. The second-order valence-electron chi connectivity index (χ2n) is 7.81. The van der Waals surface area contributed by atoms with E-state index in [4.69, 9.17) is 0 Å². The first-order valence-corrected chi connectivity index (χ1v) is 10.6. The van der Waals surface area contributed by atoms with Gasteiger partial charge in [0, 0.05) is 36.8 Å². The molecule has 0 aromatic carbocycles. The van der Waals surface area contributed by atoms with Crippen molar-refractivity contribution in [2.45, 2.75) is 58.7 Å². The molecule has 2 aromatic rings. The molecular weight excluding hydrogens is 328 g/mol. The van der Waals surface area contributed by atoms with Gasteiger partial charge in [-0.2, -0.15) is 5.10 Å². The highest BCUT2D eigenvalue weighted by Gasteiger charge is 2.25. The number of rotatable bonds is 5. The minimum Gasteiger partial charge on any atom is -0.299 e. The molecule has 0 N–H and O–H groups in total. The highest BCUT2D eigenvalue weighted by Crippen LogP contribution is 2.26. The van der Waals surface area contributed by atoms with Crippen molar-refractivity contribution >= 4 is 11.3 Å². The Morgan fingerprint density at radius 2 is 1.88 bits per heavy atom. The van der Waals surface area contributed by atoms with Crippen LogP contribution in [0.2, 0.25) is 0 Å². The summed E-state index contributed by atoms with van der Waals surface area (Å²) >= 11 is 1.94. The zero-order chi connectivity index (χ0) is 17.2. The van der Waals surface area contributed by atoms with Crippen LogP contribution in [0.5, 0.6) is 0 Å². The SMILES string of the molecule is Cc1cc(C)n([C@H]2CCN(Cc3cc(CN4CCCCC4)cs3)C2)n1. The molecule has 2 fully saturated rings. The molecule has 25 heavy (non-hydrogen) atoms. The van der Waals surface area contributed by atoms with E-state index in [1.165, 1.54) is 61.5 Å². The Bertz CT molecular complexity index is 698. The number of thiophene rings is 1. The van der Waals surface area contributed by atoms with Gasteiger partial charge in [-0.05, 0) is 69.3 Å². The molecule has 136 valence electrons. The van der Waals surface area contributed by atoms with E-state index in [0.717, 1.165) is 25.3 Å². The molecule has 4 rings (SSSR count). The Balaban J connectivity index is 1.31. The molecule has 0 amide bonds. The number of likely N-dealkylation sites (tertiary alicyclic amines) is 2. The van der Waals surface area contributed by atoms with Gasteiger partial charge in [-0.3, -0.25) is 14.5 Å². The van der Waals surface area contributed by atoms with E-state index in [1.54, 1.807) is 0 Å². The minimum atomic E-state index is 0.543. The van der Waals surface area contributed by atoms with Crippen molar-refractivity contribution < 1.29 is 0 Å². The summed E-state index contributed by atoms with van der Waals surface area (Å²) in [6.07, 6.45) is 5.38. The zero-order valence-electron chi connectivity index (χ0n) is 15.6. The first-order valence-electron chi connectivity index (χ1n) is 9.71. The van der Waals surface area contributed by atoms with Crippen LogP contribution in [-0.4, -0.2) is 45.8 Å². The number of hydrogen-bond acceptors (Lipinski definition) is 4. The van der Waals surface area contributed by atoms with Crippen LogP contribution in [0.3, 0.4) is 0 Å². The van der Waals surface area contributed by atoms with Gasteiger partial charge in [-0.15, -0.1) is 11.3 Å². The van der Waals surface area contributed by atoms with Crippen LogP contribution in [0.15, 0.2) is 17.5 Å². The predicted octanol–water partition coefficient (Wildman–Crippen LogP) is 3.99. The molecule has 0 bridgehead atoms. The van der Waals surface area contributed by atoms with Crippen LogP contribution < -0.4 is 0 Å². The van der Waals surface area contributed by atoms with E-state index < -0.39 is 0 Å². The summed E-state index contributed by atoms with van der Waals surface area (Å²) in [6.45, 7) is 11.4. The van der Waals surface area contributed by atoms with Crippen molar-refractivity contribution in [3.8, 4) is 0 Å². The summed E-state index contributed by atoms with van der Waals surface area (Å²) < 4.78 is 2.24. The van der Waals surface area contributed by atoms with Gasteiger partial charge in [0.05, 0.1) is 11.7 Å². The summed E-state index contributed by atoms with van der Waals surface area (Å²) in [7, 11) is 0. The van der Waals surface area contributed by atoms with E-state index in [9.17, 15) is 0 Å². The first-order chi connectivity index (χ1) is 12.2. The van der Waals surface area contributed by atoms with Gasteiger partial charge in [0.2, 0.25) is 0 Å². The number of nitrogens with zero attached hydrogens (tertiary/aromatic N) is 4. The number of hydrogen-bond donors (Lipinski definition) is 0. The lowest BCUT2D eigenvalue weighted by Gasteiger charge is -2.25. The maximum Gasteiger partial charge on any atom is 0.0661 e. The van der Waals surface area contributed by atoms with Gasteiger partial charge in [0.25, 0.3) is 0 Å². The average Bonchev–Trinajstić information content (AvgIpc) is 3.30. The smallest absolute Gasteiger partial charge is 0.0661 e. The summed E-state index contributed by atoms with van der Waals surface area (Å²) in [6, 6.07) is 5.17. The molecule has 0 saturated carbocycles. The summed E-state index contributed by atoms with van der Waals surface area (Å²) in [4.78, 5) is 6.72. The molecule has 2 saturated heterocycles. The lowest BCUT2D eigenvalue weighted by molar-refractivity contribution is 0.221. The lowest BCUT2D eigenvalue weighted by Crippen LogP contribution is -2.28. The van der Waals surface area contributed by atoms with Crippen LogP contribution in [0.25, 0.3) is 0 Å². The average molecular weight is 359 g/mol. The van der Waals surface area contributed by atoms with E-state index >= 15 is 0 Å². The van der Waals surface area contributed by atoms with E-state index in [1.807, 2.05) is 11.3 Å². The highest BCUT2D eigenvalue weighted by molar-refractivity contribution is 7.10. The number of piperidine rings is 1. The van der Waals surface area contributed by atoms with Crippen molar-refractivity contribution in [1.82, 2.24) is 19.6 Å². The van der Waals surface area contributed by atoms with Crippen LogP contribution >= 0.6 is 11.3 Å². The van der Waals surface area contributed by atoms with Gasteiger partial charge in [-0.1, -0.05) is 6.42 Å². The maximum atomic E-state index is 4.69. The monoisotopic (exact) mass is 358 g/mol. The Morgan fingerprint density at radius 3 is 2.64 bits per heavy atom. The fourth-order valence-electron chi connectivity index (χ4n) is 4.36. The summed E-state index contributed by atoms with van der Waals surface area (Å²) in [5, 5.41) is 7.06. The molecule has 0 spiro atoms. The topological polar surface area (TPSA) is 24.3 Å². The first kappa shape index (κ1) is 17.3. The number of aromatic nitrogens is 2. The van der Waals surface area contributed by atoms with Crippen molar-refractivity contribution in [1.29, 1.82) is 0 Å². The van der Waals surface area contributed by atoms with E-state index in [-0.39, 0.29) is 0 Å². The normalized spacial score (nSPS) is 22.7. The van der Waals surface area contributed by atoms with Gasteiger partial charge in [0.15, 0.2) is 0 Å². The Hall–Kier alpha value is -1.17. The highest BCUT2D eigenvalue weighted by atomic mass is 32.1. The fourth-order valence-corrected chi connectivity index (χ4v) is 5.28. The number of aryl methyl sites for hydroxylation is 2. The zero-order valence-corrected chi connectivity index (χ0v) is 16.4. The Morgan fingerprint density at radius 1 is 1.04 bits per heavy atom. The van der Waals surface area contributed by atoms with Crippen molar-refractivity contribution in [3.05, 3.63) is 39.3 Å². The molecule has 2 aromatic heterocycles. The van der Waals surface area contributed by atoms with Gasteiger partial charge in [-0.25, -0.2) is 0 Å². The van der Waals surface area contributed by atoms with Crippen molar-refractivity contribution in [2.24, 2.45) is 0 Å². The predicted molar refractivity (Wildman–Crippen MR) is 104 cm³/mol. The summed E-state index contributed by atoms with van der Waals surface area (Å²) in [5.74, 6) is 0. The van der Waals surface area contributed by atoms with Gasteiger partial charge >= 0.3 is 0 Å². The fraction of sp³-hybridized carbons (Fsp3) is 0.650. The Labute approximate surface area is 155 Å². The molecule has 2 aliphatic rings. The van der Waals surface area contributed by atoms with Crippen molar-refractivity contribution in [2.75, 3.05) is 26.2 Å². The van der Waals surface area contributed by atoms with Gasteiger partial charge in [0.1, 0.15) is 0 Å². The minimum absolute atomic E-state index is 0.543. The van der Waals surface area contributed by atoms with E-state index in [2.05, 4.69) is 50.9 Å². The molecule has 0 unspecified atom stereocenters. The van der Waals surface area contributed by atoms with Gasteiger partial charge < -0.3 is 0 Å². The molecule has 4 nitrogen and oxygen atoms in total. The lowest BCUT2D eigenvalue weighted by atomic mass is 10.1. The molecule has 0 radical (unpaired) electrons. The quantitative estimate of drug-likeness (QED) is 0.807. The van der Waals surface area contributed by atoms with Crippen LogP contribution in [0.1, 0.15) is 53.6 Å². The Kier molecular flexibility index (Phi) is 5.25. The van der Waals surface area contributed by atoms with Crippen LogP contribution in [-0.2, 0) is 13.1 Å². The second kappa shape index (κ2) is 7.60. The molecular formula is C20H30N4S. The second-order valence-corrected chi connectivity index (χ2v) is 8.80. The third-order valence-corrected chi connectivity index (χ3v) is 6.55. The van der Waals surface area contributed by atoms with E-state index in [0.29, 0.717) is 6.04 Å². The largest absolute Gasteiger partial charge is 0.299 e. The molecule has 4 heterocycles. The summed E-state index contributed by atoms with van der Waals surface area (Å²) in [5.41, 5.74) is 3.94. The molecule has 1 atom stereocenters. The molecule has 5 heteroatoms. The molecule has 2 aliphatic heterocycles. The van der Waals surface area contributed by atoms with Crippen LogP contribution in [0.4, 0.5) is 0 Å². The van der Waals surface area contributed by atoms with Crippen molar-refractivity contribution in [3.63, 3.8) is 0 Å². The maximum absolute atomic E-state index is 4.69. The third kappa shape index (κ3) is 4.15. The van der Waals surface area contributed by atoms with Crippen LogP contribution in [0, 0.1) is 13.8 Å². The standard InChI is InChI=1S/C20H30N4S/c1-16-10-17(2)24(21-16)19-6-9-23(13-19)14-20-11-18(15-25-20)12-22-7-4-3-5-8-22/h10-11,15,19H,3-9,12-14H2,1-2H3/t19-/m0/s1. The third-order valence-electron chi connectivity index (χ3n) is 5.58.